The fourth-order valence-electron chi connectivity index (χ4n) is 1.35. The van der Waals surface area contributed by atoms with Crippen LogP contribution in [0.25, 0.3) is 10.6 Å². The number of furan rings is 1. The van der Waals surface area contributed by atoms with Gasteiger partial charge in [0.2, 0.25) is 0 Å². The molecule has 4 nitrogen and oxygen atoms in total. The van der Waals surface area contributed by atoms with Crippen LogP contribution in [0.1, 0.15) is 22.4 Å². The largest absolute Gasteiger partial charge is 0.453 e. The lowest BCUT2D eigenvalue weighted by molar-refractivity contribution is -0.139. The van der Waals surface area contributed by atoms with E-state index < -0.39 is 0 Å². The van der Waals surface area contributed by atoms with E-state index in [2.05, 4.69) is 11.8 Å². The van der Waals surface area contributed by atoms with E-state index in [0.717, 1.165) is 9.75 Å². The average Bonchev–Trinajstić information content (AvgIpc) is 3.02. The smallest absolute Gasteiger partial charge is 0.303 e. The van der Waals surface area contributed by atoms with E-state index in [-0.39, 0.29) is 12.6 Å². The van der Waals surface area contributed by atoms with Gasteiger partial charge in [-0.05, 0) is 24.3 Å². The van der Waals surface area contributed by atoms with Gasteiger partial charge in [-0.15, -0.1) is 11.3 Å². The molecule has 96 valence electrons. The van der Waals surface area contributed by atoms with Crippen LogP contribution in [0.2, 0.25) is 0 Å². The number of hydrogen-bond donors (Lipinski definition) is 0. The van der Waals surface area contributed by atoms with Crippen molar-refractivity contribution in [3.05, 3.63) is 34.9 Å². The SMILES string of the molecule is CC(=O)OCC#Cc1ccc(-c2ccc(C=O)o2)s1. The number of carbonyl (C=O) groups excluding carboxylic acids is 2. The van der Waals surface area contributed by atoms with Gasteiger partial charge in [0.1, 0.15) is 5.76 Å². The molecular formula is C14H10O4S. The lowest BCUT2D eigenvalue weighted by Crippen LogP contribution is -1.97. The first kappa shape index (κ1) is 13.1. The molecular weight excluding hydrogens is 264 g/mol. The number of esters is 1. The molecule has 0 unspecified atom stereocenters. The summed E-state index contributed by atoms with van der Waals surface area (Å²) in [4.78, 5) is 22.8. The molecule has 0 aliphatic carbocycles. The summed E-state index contributed by atoms with van der Waals surface area (Å²) in [6.45, 7) is 1.42. The first-order valence-corrected chi connectivity index (χ1v) is 6.28. The summed E-state index contributed by atoms with van der Waals surface area (Å²) in [5.74, 6) is 6.22. The number of carbonyl (C=O) groups is 2. The summed E-state index contributed by atoms with van der Waals surface area (Å²) in [6, 6.07) is 7.08. The molecule has 19 heavy (non-hydrogen) atoms. The van der Waals surface area contributed by atoms with Crippen molar-refractivity contribution in [1.29, 1.82) is 0 Å². The molecule has 0 bridgehead atoms. The monoisotopic (exact) mass is 274 g/mol. The van der Waals surface area contributed by atoms with Crippen molar-refractivity contribution in [1.82, 2.24) is 0 Å². The zero-order chi connectivity index (χ0) is 13.7. The Balaban J connectivity index is 2.06. The molecule has 2 aromatic heterocycles. The highest BCUT2D eigenvalue weighted by Crippen LogP contribution is 2.28. The predicted octanol–water partition coefficient (Wildman–Crippen LogP) is 2.74. The van der Waals surface area contributed by atoms with E-state index >= 15 is 0 Å². The molecule has 0 N–H and O–H groups in total. The number of thiophene rings is 1. The van der Waals surface area contributed by atoms with Crippen molar-refractivity contribution in [2.75, 3.05) is 6.61 Å². The number of hydrogen-bond acceptors (Lipinski definition) is 5. The molecule has 0 aliphatic heterocycles. The highest BCUT2D eigenvalue weighted by Gasteiger charge is 2.06. The summed E-state index contributed by atoms with van der Waals surface area (Å²) in [7, 11) is 0. The molecule has 0 fully saturated rings. The van der Waals surface area contributed by atoms with Crippen LogP contribution >= 0.6 is 11.3 Å². The summed E-state index contributed by atoms with van der Waals surface area (Å²) in [5.41, 5.74) is 0. The molecule has 0 aromatic carbocycles. The first-order chi connectivity index (χ1) is 9.19. The second-order valence-electron chi connectivity index (χ2n) is 3.57. The molecule has 0 amide bonds. The van der Waals surface area contributed by atoms with Crippen molar-refractivity contribution in [3.63, 3.8) is 0 Å². The van der Waals surface area contributed by atoms with E-state index in [9.17, 15) is 9.59 Å². The molecule has 0 saturated heterocycles. The van der Waals surface area contributed by atoms with E-state index in [4.69, 9.17) is 9.15 Å². The van der Waals surface area contributed by atoms with Gasteiger partial charge in [-0.25, -0.2) is 0 Å². The second kappa shape index (κ2) is 6.03. The molecule has 2 aromatic rings. The molecule has 0 atom stereocenters. The summed E-state index contributed by atoms with van der Waals surface area (Å²) < 4.78 is 10.0. The van der Waals surface area contributed by atoms with E-state index in [1.807, 2.05) is 12.1 Å². The van der Waals surface area contributed by atoms with Crippen LogP contribution in [-0.4, -0.2) is 18.9 Å². The molecule has 5 heteroatoms. The fraction of sp³-hybridized carbons (Fsp3) is 0.143. The van der Waals surface area contributed by atoms with Crippen LogP contribution in [0.3, 0.4) is 0 Å². The lowest BCUT2D eigenvalue weighted by Gasteiger charge is -1.90. The zero-order valence-corrected chi connectivity index (χ0v) is 11.0. The Morgan fingerprint density at radius 3 is 2.95 bits per heavy atom. The van der Waals surface area contributed by atoms with Crippen LogP contribution < -0.4 is 0 Å². The van der Waals surface area contributed by atoms with Gasteiger partial charge in [0.15, 0.2) is 18.7 Å². The Hall–Kier alpha value is -2.32. The van der Waals surface area contributed by atoms with Gasteiger partial charge >= 0.3 is 5.97 Å². The molecule has 0 radical (unpaired) electrons. The minimum Gasteiger partial charge on any atom is -0.453 e. The number of ether oxygens (including phenoxy) is 1. The normalized spacial score (nSPS) is 9.53. The highest BCUT2D eigenvalue weighted by molar-refractivity contribution is 7.15. The summed E-state index contributed by atoms with van der Waals surface area (Å²) >= 11 is 1.44. The molecule has 0 aliphatic rings. The number of rotatable bonds is 3. The third kappa shape index (κ3) is 3.57. The van der Waals surface area contributed by atoms with Gasteiger partial charge in [0, 0.05) is 6.92 Å². The maximum Gasteiger partial charge on any atom is 0.303 e. The first-order valence-electron chi connectivity index (χ1n) is 5.46. The van der Waals surface area contributed by atoms with E-state index in [1.165, 1.54) is 18.3 Å². The zero-order valence-electron chi connectivity index (χ0n) is 10.1. The fourth-order valence-corrected chi connectivity index (χ4v) is 2.19. The Morgan fingerprint density at radius 2 is 2.26 bits per heavy atom. The van der Waals surface area contributed by atoms with Gasteiger partial charge in [0.25, 0.3) is 0 Å². The molecule has 0 saturated carbocycles. The molecule has 2 rings (SSSR count). The van der Waals surface area contributed by atoms with Gasteiger partial charge < -0.3 is 9.15 Å². The van der Waals surface area contributed by atoms with Gasteiger partial charge in [-0.2, -0.15) is 0 Å². The topological polar surface area (TPSA) is 56.5 Å². The maximum absolute atomic E-state index is 10.5. The second-order valence-corrected chi connectivity index (χ2v) is 4.65. The molecule has 0 spiro atoms. The van der Waals surface area contributed by atoms with Crippen molar-refractivity contribution in [3.8, 4) is 22.5 Å². The van der Waals surface area contributed by atoms with Gasteiger partial charge in [-0.3, -0.25) is 9.59 Å². The Kier molecular flexibility index (Phi) is 4.16. The Labute approximate surface area is 114 Å². The maximum atomic E-state index is 10.5. The van der Waals surface area contributed by atoms with Crippen LogP contribution in [0.5, 0.6) is 0 Å². The lowest BCUT2D eigenvalue weighted by atomic mass is 10.3. The minimum absolute atomic E-state index is 0.0820. The van der Waals surface area contributed by atoms with E-state index in [0.29, 0.717) is 17.8 Å². The van der Waals surface area contributed by atoms with Crippen LogP contribution in [0.15, 0.2) is 28.7 Å². The third-order valence-corrected chi connectivity index (χ3v) is 3.17. The van der Waals surface area contributed by atoms with Crippen molar-refractivity contribution in [2.24, 2.45) is 0 Å². The van der Waals surface area contributed by atoms with Crippen LogP contribution in [0, 0.1) is 11.8 Å². The van der Waals surface area contributed by atoms with Crippen molar-refractivity contribution < 1.29 is 18.7 Å². The number of aldehydes is 1. The van der Waals surface area contributed by atoms with E-state index in [1.54, 1.807) is 12.1 Å². The van der Waals surface area contributed by atoms with Crippen LogP contribution in [-0.2, 0) is 9.53 Å². The Bertz CT molecular complexity index is 654. The quantitative estimate of drug-likeness (QED) is 0.490. The standard InChI is InChI=1S/C14H10O4S/c1-10(16)17-8-2-3-12-5-7-14(19-12)13-6-4-11(9-15)18-13/h4-7,9H,8H2,1H3. The molecule has 2 heterocycles. The Morgan fingerprint density at radius 1 is 1.42 bits per heavy atom. The minimum atomic E-state index is -0.349. The predicted molar refractivity (Wildman–Crippen MR) is 70.9 cm³/mol. The summed E-state index contributed by atoms with van der Waals surface area (Å²) in [5, 5.41) is 0. The average molecular weight is 274 g/mol. The van der Waals surface area contributed by atoms with Crippen LogP contribution in [0.4, 0.5) is 0 Å². The van der Waals surface area contributed by atoms with Gasteiger partial charge in [0.05, 0.1) is 9.75 Å². The van der Waals surface area contributed by atoms with Crippen molar-refractivity contribution >= 4 is 23.6 Å². The third-order valence-electron chi connectivity index (χ3n) is 2.15. The summed E-state index contributed by atoms with van der Waals surface area (Å²) in [6.07, 6.45) is 0.664. The van der Waals surface area contributed by atoms with Crippen molar-refractivity contribution in [2.45, 2.75) is 6.92 Å². The van der Waals surface area contributed by atoms with Gasteiger partial charge in [-0.1, -0.05) is 11.8 Å². The highest BCUT2D eigenvalue weighted by atomic mass is 32.1.